The van der Waals surface area contributed by atoms with Crippen LogP contribution < -0.4 is 0 Å². The van der Waals surface area contributed by atoms with E-state index in [0.717, 1.165) is 28.9 Å². The van der Waals surface area contributed by atoms with Gasteiger partial charge in [0.05, 0.1) is 5.69 Å². The molecule has 1 heterocycles. The molecular weight excluding hydrogens is 234 g/mol. The minimum Gasteiger partial charge on any atom is -0.294 e. The Bertz CT molecular complexity index is 631. The highest BCUT2D eigenvalue weighted by Crippen LogP contribution is 2.33. The lowest BCUT2D eigenvalue weighted by Gasteiger charge is -2.24. The van der Waals surface area contributed by atoms with E-state index in [-0.39, 0.29) is 11.7 Å². The smallest absolute Gasteiger partial charge is 0.165 e. The van der Waals surface area contributed by atoms with Crippen molar-refractivity contribution in [2.75, 3.05) is 0 Å². The van der Waals surface area contributed by atoms with Crippen molar-refractivity contribution in [2.45, 2.75) is 32.6 Å². The maximum Gasteiger partial charge on any atom is 0.165 e. The quantitative estimate of drug-likeness (QED) is 0.775. The molecule has 0 radical (unpaired) electrons. The summed E-state index contributed by atoms with van der Waals surface area (Å²) in [6.45, 7) is 4.00. The van der Waals surface area contributed by atoms with Gasteiger partial charge in [-0.1, -0.05) is 30.3 Å². The number of aryl methyl sites for hydroxylation is 2. The maximum atomic E-state index is 12.4. The zero-order valence-corrected chi connectivity index (χ0v) is 11.3. The van der Waals surface area contributed by atoms with Gasteiger partial charge in [-0.3, -0.25) is 9.78 Å². The number of aromatic nitrogens is 1. The van der Waals surface area contributed by atoms with Crippen LogP contribution in [-0.4, -0.2) is 10.8 Å². The van der Waals surface area contributed by atoms with E-state index in [1.165, 1.54) is 5.56 Å². The SMILES string of the molecule is Cc1cc(C)c2c(n1)C[C@H](c1ccccc1)CC2=O. The first-order chi connectivity index (χ1) is 9.15. The van der Waals surface area contributed by atoms with Crippen LogP contribution in [-0.2, 0) is 6.42 Å². The van der Waals surface area contributed by atoms with Gasteiger partial charge in [-0.25, -0.2) is 0 Å². The normalized spacial score (nSPS) is 18.2. The molecule has 0 N–H and O–H groups in total. The summed E-state index contributed by atoms with van der Waals surface area (Å²) < 4.78 is 0. The number of carbonyl (C=O) groups excluding carboxylic acids is 1. The third-order valence-electron chi connectivity index (χ3n) is 3.84. The molecule has 19 heavy (non-hydrogen) atoms. The van der Waals surface area contributed by atoms with Crippen molar-refractivity contribution >= 4 is 5.78 Å². The zero-order chi connectivity index (χ0) is 13.4. The summed E-state index contributed by atoms with van der Waals surface area (Å²) in [5.41, 5.74) is 5.14. The van der Waals surface area contributed by atoms with Crippen LogP contribution in [0.15, 0.2) is 36.4 Å². The summed E-state index contributed by atoms with van der Waals surface area (Å²) >= 11 is 0. The van der Waals surface area contributed by atoms with Gasteiger partial charge in [0.2, 0.25) is 0 Å². The number of pyridine rings is 1. The summed E-state index contributed by atoms with van der Waals surface area (Å²) in [5, 5.41) is 0. The summed E-state index contributed by atoms with van der Waals surface area (Å²) in [4.78, 5) is 16.9. The molecular formula is C17H17NO. The number of nitrogens with zero attached hydrogens (tertiary/aromatic N) is 1. The molecule has 1 aliphatic rings. The van der Waals surface area contributed by atoms with Gasteiger partial charge < -0.3 is 0 Å². The van der Waals surface area contributed by atoms with Gasteiger partial charge in [-0.2, -0.15) is 0 Å². The Hall–Kier alpha value is -1.96. The van der Waals surface area contributed by atoms with Gasteiger partial charge in [-0.15, -0.1) is 0 Å². The standard InChI is InChI=1S/C17H17NO/c1-11-8-12(2)18-15-9-14(10-16(19)17(11)15)13-6-4-3-5-7-13/h3-8,14H,9-10H2,1-2H3/t14-/m0/s1. The first-order valence-electron chi connectivity index (χ1n) is 6.70. The average Bonchev–Trinajstić information content (AvgIpc) is 2.38. The van der Waals surface area contributed by atoms with Gasteiger partial charge in [0.25, 0.3) is 0 Å². The molecule has 1 aromatic carbocycles. The second-order valence-electron chi connectivity index (χ2n) is 5.34. The van der Waals surface area contributed by atoms with Crippen LogP contribution >= 0.6 is 0 Å². The summed E-state index contributed by atoms with van der Waals surface area (Å²) in [5.74, 6) is 0.509. The van der Waals surface area contributed by atoms with Crippen molar-refractivity contribution in [2.24, 2.45) is 0 Å². The molecule has 1 aliphatic carbocycles. The summed E-state index contributed by atoms with van der Waals surface area (Å²) in [6.07, 6.45) is 1.47. The number of fused-ring (bicyclic) bond motifs is 1. The monoisotopic (exact) mass is 251 g/mol. The highest BCUT2D eigenvalue weighted by atomic mass is 16.1. The molecule has 2 aromatic rings. The van der Waals surface area contributed by atoms with Crippen LogP contribution in [0.25, 0.3) is 0 Å². The van der Waals surface area contributed by atoms with Crippen LogP contribution in [0.1, 0.15) is 45.2 Å². The predicted molar refractivity (Wildman–Crippen MR) is 75.5 cm³/mol. The van der Waals surface area contributed by atoms with Crippen LogP contribution in [0.4, 0.5) is 0 Å². The van der Waals surface area contributed by atoms with Gasteiger partial charge in [0.15, 0.2) is 5.78 Å². The Labute approximate surface area is 113 Å². The molecule has 0 bridgehead atoms. The Balaban J connectivity index is 2.03. The molecule has 0 spiro atoms. The van der Waals surface area contributed by atoms with Gasteiger partial charge in [0.1, 0.15) is 0 Å². The lowest BCUT2D eigenvalue weighted by atomic mass is 9.80. The first-order valence-corrected chi connectivity index (χ1v) is 6.70. The lowest BCUT2D eigenvalue weighted by molar-refractivity contribution is 0.0962. The van der Waals surface area contributed by atoms with Gasteiger partial charge in [-0.05, 0) is 43.4 Å². The number of Topliss-reactive ketones (excluding diaryl/α,β-unsaturated/α-hetero) is 1. The van der Waals surface area contributed by atoms with Crippen molar-refractivity contribution in [1.82, 2.24) is 4.98 Å². The van der Waals surface area contributed by atoms with E-state index < -0.39 is 0 Å². The van der Waals surface area contributed by atoms with Crippen molar-refractivity contribution in [1.29, 1.82) is 0 Å². The van der Waals surface area contributed by atoms with Crippen LogP contribution in [0.5, 0.6) is 0 Å². The minimum absolute atomic E-state index is 0.236. The van der Waals surface area contributed by atoms with E-state index in [9.17, 15) is 4.79 Å². The summed E-state index contributed by atoms with van der Waals surface area (Å²) in [6, 6.07) is 12.3. The van der Waals surface area contributed by atoms with Crippen molar-refractivity contribution in [3.63, 3.8) is 0 Å². The molecule has 3 rings (SSSR count). The van der Waals surface area contributed by atoms with E-state index in [2.05, 4.69) is 17.1 Å². The van der Waals surface area contributed by atoms with Crippen molar-refractivity contribution < 1.29 is 4.79 Å². The minimum atomic E-state index is 0.236. The number of hydrogen-bond acceptors (Lipinski definition) is 2. The molecule has 2 nitrogen and oxygen atoms in total. The molecule has 1 aromatic heterocycles. The molecule has 0 saturated carbocycles. The molecule has 0 fully saturated rings. The van der Waals surface area contributed by atoms with Crippen LogP contribution in [0, 0.1) is 13.8 Å². The number of benzene rings is 1. The first kappa shape index (κ1) is 12.1. The topological polar surface area (TPSA) is 30.0 Å². The second kappa shape index (κ2) is 4.61. The molecule has 96 valence electrons. The molecule has 0 saturated heterocycles. The van der Waals surface area contributed by atoms with Crippen molar-refractivity contribution in [3.05, 3.63) is 64.5 Å². The zero-order valence-electron chi connectivity index (χ0n) is 11.3. The highest BCUT2D eigenvalue weighted by molar-refractivity contribution is 6.00. The van der Waals surface area contributed by atoms with E-state index in [0.29, 0.717) is 6.42 Å². The number of rotatable bonds is 1. The Kier molecular flexibility index (Phi) is 2.94. The van der Waals surface area contributed by atoms with Crippen LogP contribution in [0.2, 0.25) is 0 Å². The maximum absolute atomic E-state index is 12.4. The van der Waals surface area contributed by atoms with Crippen molar-refractivity contribution in [3.8, 4) is 0 Å². The number of carbonyl (C=O) groups is 1. The fourth-order valence-electron chi connectivity index (χ4n) is 3.04. The molecule has 2 heteroatoms. The van der Waals surface area contributed by atoms with Gasteiger partial charge >= 0.3 is 0 Å². The fraction of sp³-hybridized carbons (Fsp3) is 0.294. The Morgan fingerprint density at radius 1 is 1.11 bits per heavy atom. The Morgan fingerprint density at radius 3 is 2.58 bits per heavy atom. The largest absolute Gasteiger partial charge is 0.294 e. The molecule has 1 atom stereocenters. The highest BCUT2D eigenvalue weighted by Gasteiger charge is 2.28. The molecule has 0 unspecified atom stereocenters. The van der Waals surface area contributed by atoms with E-state index in [4.69, 9.17) is 0 Å². The summed E-state index contributed by atoms with van der Waals surface area (Å²) in [7, 11) is 0. The third-order valence-corrected chi connectivity index (χ3v) is 3.84. The second-order valence-corrected chi connectivity index (χ2v) is 5.34. The average molecular weight is 251 g/mol. The lowest BCUT2D eigenvalue weighted by Crippen LogP contribution is -2.21. The number of hydrogen-bond donors (Lipinski definition) is 0. The van der Waals surface area contributed by atoms with Crippen LogP contribution in [0.3, 0.4) is 0 Å². The van der Waals surface area contributed by atoms with Gasteiger partial charge in [0, 0.05) is 17.7 Å². The van der Waals surface area contributed by atoms with E-state index in [1.807, 2.05) is 38.1 Å². The fourth-order valence-corrected chi connectivity index (χ4v) is 3.04. The number of ketones is 1. The molecule has 0 amide bonds. The van der Waals surface area contributed by atoms with E-state index >= 15 is 0 Å². The Morgan fingerprint density at radius 2 is 1.84 bits per heavy atom. The van der Waals surface area contributed by atoms with E-state index in [1.54, 1.807) is 0 Å². The molecule has 0 aliphatic heterocycles. The third kappa shape index (κ3) is 2.19. The predicted octanol–water partition coefficient (Wildman–Crippen LogP) is 3.61.